The lowest BCUT2D eigenvalue weighted by Gasteiger charge is -2.29. The number of H-pyrrole nitrogens is 1. The summed E-state index contributed by atoms with van der Waals surface area (Å²) in [6.45, 7) is -0.641. The second kappa shape index (κ2) is 11.6. The molecular formula is C23H29N5O8. The second-order valence-corrected chi connectivity index (χ2v) is 8.60. The molecule has 4 unspecified atom stereocenters. The Balaban J connectivity index is 1.67. The predicted octanol–water partition coefficient (Wildman–Crippen LogP) is -1.45. The van der Waals surface area contributed by atoms with E-state index in [9.17, 15) is 34.2 Å². The van der Waals surface area contributed by atoms with Crippen molar-refractivity contribution in [3.8, 4) is 0 Å². The minimum absolute atomic E-state index is 0.0164. The van der Waals surface area contributed by atoms with Crippen molar-refractivity contribution < 1.29 is 39.3 Å². The van der Waals surface area contributed by atoms with Gasteiger partial charge in [-0.25, -0.2) is 4.79 Å². The van der Waals surface area contributed by atoms with E-state index in [2.05, 4.69) is 15.6 Å². The van der Waals surface area contributed by atoms with Gasteiger partial charge in [-0.3, -0.25) is 19.2 Å². The largest absolute Gasteiger partial charge is 0.481 e. The first-order chi connectivity index (χ1) is 17.1. The van der Waals surface area contributed by atoms with Gasteiger partial charge in [-0.15, -0.1) is 0 Å². The molecule has 8 N–H and O–H groups in total. The van der Waals surface area contributed by atoms with E-state index in [4.69, 9.17) is 10.8 Å². The molecule has 1 aromatic carbocycles. The Hall–Kier alpha value is -3.97. The number of carboxylic acid groups (broad SMARTS) is 2. The minimum atomic E-state index is -1.44. The minimum Gasteiger partial charge on any atom is -0.481 e. The molecule has 2 aromatic rings. The topological polar surface area (TPSA) is 215 Å². The number of aromatic nitrogens is 1. The lowest BCUT2D eigenvalue weighted by Crippen LogP contribution is -2.58. The first kappa shape index (κ1) is 26.6. The highest BCUT2D eigenvalue weighted by Crippen LogP contribution is 2.21. The molecule has 4 atom stereocenters. The third-order valence-electron chi connectivity index (χ3n) is 6.08. The fraction of sp³-hybridized carbons (Fsp3) is 0.435. The van der Waals surface area contributed by atoms with Crippen molar-refractivity contribution in [2.75, 3.05) is 13.2 Å². The number of aliphatic hydroxyl groups is 1. The lowest BCUT2D eigenvalue weighted by atomic mass is 10.0. The Bertz CT molecular complexity index is 1150. The van der Waals surface area contributed by atoms with E-state index < -0.39 is 66.9 Å². The zero-order valence-corrected chi connectivity index (χ0v) is 19.3. The number of amides is 3. The van der Waals surface area contributed by atoms with E-state index in [-0.39, 0.29) is 19.4 Å². The summed E-state index contributed by atoms with van der Waals surface area (Å²) in [5.41, 5.74) is 7.04. The summed E-state index contributed by atoms with van der Waals surface area (Å²) in [4.78, 5) is 65.0. The number of para-hydroxylation sites is 1. The summed E-state index contributed by atoms with van der Waals surface area (Å²) < 4.78 is 0. The van der Waals surface area contributed by atoms with E-state index in [1.54, 1.807) is 6.20 Å². The maximum Gasteiger partial charge on any atom is 0.326 e. The van der Waals surface area contributed by atoms with Crippen molar-refractivity contribution in [1.82, 2.24) is 20.5 Å². The molecule has 13 nitrogen and oxygen atoms in total. The molecule has 1 fully saturated rings. The van der Waals surface area contributed by atoms with Crippen LogP contribution in [0, 0.1) is 0 Å². The molecule has 13 heteroatoms. The van der Waals surface area contributed by atoms with E-state index in [1.807, 2.05) is 24.3 Å². The van der Waals surface area contributed by atoms with Crippen LogP contribution in [0.5, 0.6) is 0 Å². The number of nitrogens with one attached hydrogen (secondary N) is 3. The maximum atomic E-state index is 13.0. The summed E-state index contributed by atoms with van der Waals surface area (Å²) in [6.07, 6.45) is 1.75. The van der Waals surface area contributed by atoms with Gasteiger partial charge in [0.2, 0.25) is 17.7 Å². The third kappa shape index (κ3) is 6.17. The summed E-state index contributed by atoms with van der Waals surface area (Å²) in [5.74, 6) is -4.90. The van der Waals surface area contributed by atoms with E-state index >= 15 is 0 Å². The third-order valence-corrected chi connectivity index (χ3v) is 6.08. The van der Waals surface area contributed by atoms with Gasteiger partial charge < -0.3 is 41.6 Å². The molecule has 0 saturated carbocycles. The van der Waals surface area contributed by atoms with Crippen molar-refractivity contribution in [2.24, 2.45) is 5.73 Å². The molecule has 1 aliphatic rings. The Kier molecular flexibility index (Phi) is 8.61. The van der Waals surface area contributed by atoms with Crippen LogP contribution < -0.4 is 16.4 Å². The number of aliphatic carboxylic acids is 2. The number of nitrogens with zero attached hydrogens (tertiary/aromatic N) is 1. The SMILES string of the molecule is NC(CC(=O)O)C(=O)NC(CO)C(=O)N1CCCC1C(=O)NC(Cc1c[nH]c2ccccc12)C(=O)O. The average Bonchev–Trinajstić information content (AvgIpc) is 3.48. The highest BCUT2D eigenvalue weighted by Gasteiger charge is 2.39. The maximum absolute atomic E-state index is 13.0. The average molecular weight is 504 g/mol. The van der Waals surface area contributed by atoms with E-state index in [1.165, 1.54) is 4.90 Å². The molecule has 3 amide bonds. The van der Waals surface area contributed by atoms with Crippen LogP contribution >= 0.6 is 0 Å². The summed E-state index contributed by atoms with van der Waals surface area (Å²) in [6, 6.07) is 2.23. The van der Waals surface area contributed by atoms with Gasteiger partial charge in [0.25, 0.3) is 0 Å². The zero-order chi connectivity index (χ0) is 26.4. The number of hydrogen-bond donors (Lipinski definition) is 7. The monoisotopic (exact) mass is 503 g/mol. The van der Waals surface area contributed by atoms with Crippen LogP contribution in [0.2, 0.25) is 0 Å². The number of carboxylic acids is 2. The molecule has 0 spiro atoms. The number of hydrogen-bond acceptors (Lipinski definition) is 7. The van der Waals surface area contributed by atoms with Gasteiger partial charge >= 0.3 is 11.9 Å². The summed E-state index contributed by atoms with van der Waals surface area (Å²) >= 11 is 0. The second-order valence-electron chi connectivity index (χ2n) is 8.60. The van der Waals surface area contributed by atoms with Gasteiger partial charge in [-0.05, 0) is 24.5 Å². The number of likely N-dealkylation sites (tertiary alicyclic amines) is 1. The first-order valence-electron chi connectivity index (χ1n) is 11.4. The van der Waals surface area contributed by atoms with Crippen LogP contribution in [-0.2, 0) is 30.4 Å². The van der Waals surface area contributed by atoms with Crippen molar-refractivity contribution in [2.45, 2.75) is 49.9 Å². The lowest BCUT2D eigenvalue weighted by molar-refractivity contribution is -0.145. The molecular weight excluding hydrogens is 474 g/mol. The highest BCUT2D eigenvalue weighted by atomic mass is 16.4. The molecule has 1 saturated heterocycles. The molecule has 36 heavy (non-hydrogen) atoms. The quantitative estimate of drug-likeness (QED) is 0.191. The number of nitrogens with two attached hydrogens (primary N) is 1. The van der Waals surface area contributed by atoms with Crippen LogP contribution in [0.3, 0.4) is 0 Å². The van der Waals surface area contributed by atoms with Gasteiger partial charge in [0, 0.05) is 30.1 Å². The Morgan fingerprint density at radius 3 is 2.50 bits per heavy atom. The standard InChI is InChI=1S/C23H29N5O8/c24-14(9-19(30)31)20(32)27-17(11-29)22(34)28-7-3-6-18(28)21(33)26-16(23(35)36)8-12-10-25-15-5-2-1-4-13(12)15/h1-2,4-5,10,14,16-18,25,29H,3,6-9,11,24H2,(H,26,33)(H,27,32)(H,30,31)(H,35,36). The highest BCUT2D eigenvalue weighted by molar-refractivity contribution is 5.95. The molecule has 0 radical (unpaired) electrons. The van der Waals surface area contributed by atoms with Crippen LogP contribution in [-0.4, -0.2) is 92.2 Å². The van der Waals surface area contributed by atoms with Crippen molar-refractivity contribution in [1.29, 1.82) is 0 Å². The molecule has 2 heterocycles. The number of carbonyl (C=O) groups excluding carboxylic acids is 3. The number of fused-ring (bicyclic) bond motifs is 1. The number of aromatic amines is 1. The number of benzene rings is 1. The van der Waals surface area contributed by atoms with Gasteiger partial charge in [0.15, 0.2) is 0 Å². The molecule has 0 bridgehead atoms. The van der Waals surface area contributed by atoms with Crippen LogP contribution in [0.25, 0.3) is 10.9 Å². The normalized spacial score (nSPS) is 17.8. The van der Waals surface area contributed by atoms with Crippen molar-refractivity contribution in [3.05, 3.63) is 36.0 Å². The molecule has 3 rings (SSSR count). The fourth-order valence-electron chi connectivity index (χ4n) is 4.24. The Morgan fingerprint density at radius 2 is 1.83 bits per heavy atom. The number of carbonyl (C=O) groups is 5. The molecule has 0 aliphatic carbocycles. The van der Waals surface area contributed by atoms with Crippen LogP contribution in [0.1, 0.15) is 24.8 Å². The number of aliphatic hydroxyl groups excluding tert-OH is 1. The number of rotatable bonds is 11. The van der Waals surface area contributed by atoms with Crippen molar-refractivity contribution in [3.63, 3.8) is 0 Å². The van der Waals surface area contributed by atoms with Gasteiger partial charge in [0.1, 0.15) is 18.1 Å². The predicted molar refractivity (Wildman–Crippen MR) is 126 cm³/mol. The summed E-state index contributed by atoms with van der Waals surface area (Å²) in [7, 11) is 0. The van der Waals surface area contributed by atoms with E-state index in [0.29, 0.717) is 12.0 Å². The van der Waals surface area contributed by atoms with Crippen LogP contribution in [0.15, 0.2) is 30.5 Å². The first-order valence-corrected chi connectivity index (χ1v) is 11.4. The molecule has 1 aromatic heterocycles. The molecule has 1 aliphatic heterocycles. The van der Waals surface area contributed by atoms with Gasteiger partial charge in [0.05, 0.1) is 19.1 Å². The summed E-state index contributed by atoms with van der Waals surface area (Å²) in [5, 5.41) is 33.7. The van der Waals surface area contributed by atoms with Gasteiger partial charge in [-0.2, -0.15) is 0 Å². The van der Waals surface area contributed by atoms with Crippen molar-refractivity contribution >= 4 is 40.6 Å². The fourth-order valence-corrected chi connectivity index (χ4v) is 4.24. The zero-order valence-electron chi connectivity index (χ0n) is 19.3. The molecule has 194 valence electrons. The Labute approximate surface area is 205 Å². The Morgan fingerprint density at radius 1 is 1.11 bits per heavy atom. The van der Waals surface area contributed by atoms with Crippen LogP contribution in [0.4, 0.5) is 0 Å². The van der Waals surface area contributed by atoms with Gasteiger partial charge in [-0.1, -0.05) is 18.2 Å². The van der Waals surface area contributed by atoms with E-state index in [0.717, 1.165) is 10.9 Å². The smallest absolute Gasteiger partial charge is 0.326 e.